The SMILES string of the molecule is CCNC(=O)c1sc2nc(COC)nc(OC)c2c1C. The maximum Gasteiger partial charge on any atom is 0.261 e. The Morgan fingerprint density at radius 3 is 2.70 bits per heavy atom. The predicted octanol–water partition coefficient (Wildman–Crippen LogP) is 1.90. The number of ether oxygens (including phenoxy) is 2. The number of nitrogens with one attached hydrogen (secondary N) is 1. The number of hydrogen-bond donors (Lipinski definition) is 1. The molecule has 0 radical (unpaired) electrons. The average molecular weight is 295 g/mol. The highest BCUT2D eigenvalue weighted by atomic mass is 32.1. The minimum absolute atomic E-state index is 0.0941. The molecule has 0 saturated heterocycles. The standard InChI is InChI=1S/C13H17N3O3S/c1-5-14-11(17)10-7(2)9-12(19-4)15-8(6-18-3)16-13(9)20-10/h5-6H2,1-4H3,(H,14,17). The summed E-state index contributed by atoms with van der Waals surface area (Å²) in [5, 5.41) is 3.59. The molecule has 108 valence electrons. The van der Waals surface area contributed by atoms with Crippen molar-refractivity contribution in [3.8, 4) is 5.88 Å². The zero-order valence-electron chi connectivity index (χ0n) is 11.9. The van der Waals surface area contributed by atoms with E-state index in [2.05, 4.69) is 15.3 Å². The molecule has 0 atom stereocenters. The number of aromatic nitrogens is 2. The van der Waals surface area contributed by atoms with E-state index >= 15 is 0 Å². The van der Waals surface area contributed by atoms with E-state index in [0.29, 0.717) is 29.7 Å². The van der Waals surface area contributed by atoms with Crippen molar-refractivity contribution in [2.45, 2.75) is 20.5 Å². The first-order valence-corrected chi connectivity index (χ1v) is 7.05. The fourth-order valence-electron chi connectivity index (χ4n) is 1.94. The van der Waals surface area contributed by atoms with Crippen molar-refractivity contribution in [1.82, 2.24) is 15.3 Å². The lowest BCUT2D eigenvalue weighted by Crippen LogP contribution is -2.22. The second-order valence-electron chi connectivity index (χ2n) is 4.18. The number of thiophene rings is 1. The number of rotatable bonds is 5. The third-order valence-electron chi connectivity index (χ3n) is 2.81. The van der Waals surface area contributed by atoms with E-state index < -0.39 is 0 Å². The second kappa shape index (κ2) is 6.15. The minimum Gasteiger partial charge on any atom is -0.480 e. The number of carbonyl (C=O) groups is 1. The van der Waals surface area contributed by atoms with Crippen LogP contribution in [0.3, 0.4) is 0 Å². The number of methoxy groups -OCH3 is 2. The molecule has 1 N–H and O–H groups in total. The van der Waals surface area contributed by atoms with Crippen LogP contribution in [0.4, 0.5) is 0 Å². The molecule has 0 fully saturated rings. The molecule has 0 unspecified atom stereocenters. The van der Waals surface area contributed by atoms with E-state index in [-0.39, 0.29) is 5.91 Å². The highest BCUT2D eigenvalue weighted by molar-refractivity contribution is 7.20. The van der Waals surface area contributed by atoms with Gasteiger partial charge in [0.25, 0.3) is 5.91 Å². The molecule has 2 rings (SSSR count). The normalized spacial score (nSPS) is 10.8. The molecule has 0 aliphatic carbocycles. The van der Waals surface area contributed by atoms with Gasteiger partial charge in [0, 0.05) is 13.7 Å². The van der Waals surface area contributed by atoms with Gasteiger partial charge in [-0.15, -0.1) is 11.3 Å². The number of amides is 1. The Morgan fingerprint density at radius 1 is 1.35 bits per heavy atom. The van der Waals surface area contributed by atoms with Crippen molar-refractivity contribution in [2.75, 3.05) is 20.8 Å². The molecule has 7 heteroatoms. The molecule has 0 aliphatic heterocycles. The third kappa shape index (κ3) is 2.59. The molecule has 0 spiro atoms. The number of carbonyl (C=O) groups excluding carboxylic acids is 1. The summed E-state index contributed by atoms with van der Waals surface area (Å²) in [7, 11) is 3.14. The van der Waals surface area contributed by atoms with Gasteiger partial charge in [-0.25, -0.2) is 4.98 Å². The van der Waals surface area contributed by atoms with Gasteiger partial charge in [-0.1, -0.05) is 0 Å². The Bertz CT molecular complexity index is 639. The maximum atomic E-state index is 12.0. The van der Waals surface area contributed by atoms with Crippen LogP contribution in [0.15, 0.2) is 0 Å². The van der Waals surface area contributed by atoms with Gasteiger partial charge in [-0.05, 0) is 19.4 Å². The number of nitrogens with zero attached hydrogens (tertiary/aromatic N) is 2. The highest BCUT2D eigenvalue weighted by Crippen LogP contribution is 2.34. The summed E-state index contributed by atoms with van der Waals surface area (Å²) in [6.07, 6.45) is 0. The van der Waals surface area contributed by atoms with Crippen LogP contribution in [0.1, 0.15) is 28.0 Å². The Morgan fingerprint density at radius 2 is 2.10 bits per heavy atom. The summed E-state index contributed by atoms with van der Waals surface area (Å²) >= 11 is 1.34. The van der Waals surface area contributed by atoms with Crippen LogP contribution >= 0.6 is 11.3 Å². The molecule has 2 heterocycles. The summed E-state index contributed by atoms with van der Waals surface area (Å²) < 4.78 is 10.4. The fraction of sp³-hybridized carbons (Fsp3) is 0.462. The van der Waals surface area contributed by atoms with Crippen molar-refractivity contribution >= 4 is 27.5 Å². The fourth-order valence-corrected chi connectivity index (χ4v) is 3.05. The van der Waals surface area contributed by atoms with Gasteiger partial charge in [0.05, 0.1) is 17.4 Å². The quantitative estimate of drug-likeness (QED) is 0.912. The van der Waals surface area contributed by atoms with Crippen LogP contribution in [0.5, 0.6) is 5.88 Å². The lowest BCUT2D eigenvalue weighted by molar-refractivity contribution is 0.0959. The maximum absolute atomic E-state index is 12.0. The van der Waals surface area contributed by atoms with Gasteiger partial charge in [0.15, 0.2) is 5.82 Å². The van der Waals surface area contributed by atoms with Crippen LogP contribution in [-0.4, -0.2) is 36.6 Å². The lowest BCUT2D eigenvalue weighted by Gasteiger charge is -2.05. The minimum atomic E-state index is -0.0941. The van der Waals surface area contributed by atoms with Gasteiger partial charge in [-0.3, -0.25) is 4.79 Å². The Hall–Kier alpha value is -1.73. The molecule has 1 amide bonds. The summed E-state index contributed by atoms with van der Waals surface area (Å²) in [6, 6.07) is 0. The first-order chi connectivity index (χ1) is 9.62. The van der Waals surface area contributed by atoms with Gasteiger partial charge < -0.3 is 14.8 Å². The first kappa shape index (κ1) is 14.7. The number of hydrogen-bond acceptors (Lipinski definition) is 6. The molecule has 0 aliphatic rings. The Kier molecular flexibility index (Phi) is 4.51. The van der Waals surface area contributed by atoms with Gasteiger partial charge >= 0.3 is 0 Å². The Balaban J connectivity index is 2.60. The van der Waals surface area contributed by atoms with Gasteiger partial charge in [0.2, 0.25) is 5.88 Å². The van der Waals surface area contributed by atoms with Crippen LogP contribution in [0.25, 0.3) is 10.2 Å². The van der Waals surface area contributed by atoms with Crippen LogP contribution < -0.4 is 10.1 Å². The molecular formula is C13H17N3O3S. The Labute approximate surface area is 121 Å². The largest absolute Gasteiger partial charge is 0.480 e. The average Bonchev–Trinajstić information content (AvgIpc) is 2.76. The number of fused-ring (bicyclic) bond motifs is 1. The molecule has 2 aromatic heterocycles. The molecule has 20 heavy (non-hydrogen) atoms. The summed E-state index contributed by atoms with van der Waals surface area (Å²) in [5.74, 6) is 0.926. The zero-order valence-corrected chi connectivity index (χ0v) is 12.8. The van der Waals surface area contributed by atoms with Crippen LogP contribution in [0.2, 0.25) is 0 Å². The van der Waals surface area contributed by atoms with E-state index in [9.17, 15) is 4.79 Å². The molecular weight excluding hydrogens is 278 g/mol. The monoisotopic (exact) mass is 295 g/mol. The third-order valence-corrected chi connectivity index (χ3v) is 4.00. The molecule has 2 aromatic rings. The van der Waals surface area contributed by atoms with Crippen LogP contribution in [-0.2, 0) is 11.3 Å². The molecule has 0 aromatic carbocycles. The van der Waals surface area contributed by atoms with E-state index in [1.165, 1.54) is 11.3 Å². The molecule has 6 nitrogen and oxygen atoms in total. The highest BCUT2D eigenvalue weighted by Gasteiger charge is 2.20. The summed E-state index contributed by atoms with van der Waals surface area (Å²) in [5.41, 5.74) is 0.844. The van der Waals surface area contributed by atoms with Crippen molar-refractivity contribution in [2.24, 2.45) is 0 Å². The molecule has 0 bridgehead atoms. The topological polar surface area (TPSA) is 73.3 Å². The van der Waals surface area contributed by atoms with E-state index in [0.717, 1.165) is 15.8 Å². The van der Waals surface area contributed by atoms with E-state index in [4.69, 9.17) is 9.47 Å². The summed E-state index contributed by atoms with van der Waals surface area (Å²) in [4.78, 5) is 22.1. The van der Waals surface area contributed by atoms with Crippen molar-refractivity contribution in [1.29, 1.82) is 0 Å². The van der Waals surface area contributed by atoms with Crippen LogP contribution in [0, 0.1) is 6.92 Å². The van der Waals surface area contributed by atoms with Gasteiger partial charge in [0.1, 0.15) is 11.4 Å². The lowest BCUT2D eigenvalue weighted by atomic mass is 10.2. The zero-order chi connectivity index (χ0) is 14.7. The molecule has 0 saturated carbocycles. The van der Waals surface area contributed by atoms with E-state index in [1.807, 2.05) is 13.8 Å². The summed E-state index contributed by atoms with van der Waals surface area (Å²) in [6.45, 7) is 4.66. The predicted molar refractivity (Wildman–Crippen MR) is 77.4 cm³/mol. The van der Waals surface area contributed by atoms with Crippen molar-refractivity contribution < 1.29 is 14.3 Å². The van der Waals surface area contributed by atoms with Gasteiger partial charge in [-0.2, -0.15) is 4.98 Å². The first-order valence-electron chi connectivity index (χ1n) is 6.23. The second-order valence-corrected chi connectivity index (χ2v) is 5.18. The smallest absolute Gasteiger partial charge is 0.261 e. The van der Waals surface area contributed by atoms with Crippen molar-refractivity contribution in [3.05, 3.63) is 16.3 Å². The number of aryl methyl sites for hydroxylation is 1. The van der Waals surface area contributed by atoms with Crippen molar-refractivity contribution in [3.63, 3.8) is 0 Å². The van der Waals surface area contributed by atoms with E-state index in [1.54, 1.807) is 14.2 Å².